The van der Waals surface area contributed by atoms with E-state index in [0.717, 1.165) is 19.3 Å². The Kier molecular flexibility index (Phi) is 6.45. The Morgan fingerprint density at radius 2 is 1.96 bits per heavy atom. The number of carbonyl (C=O) groups is 2. The molecule has 1 aromatic heterocycles. The Bertz CT molecular complexity index is 603. The largest absolute Gasteiger partial charge is 0.453 e. The number of aromatic nitrogens is 1. The van der Waals surface area contributed by atoms with Crippen LogP contribution in [0.5, 0.6) is 0 Å². The number of likely N-dealkylation sites (tertiary alicyclic amines) is 1. The third kappa shape index (κ3) is 4.96. The normalized spacial score (nSPS) is 16.8. The summed E-state index contributed by atoms with van der Waals surface area (Å²) in [5.74, 6) is 1.44. The molecule has 0 spiro atoms. The Morgan fingerprint density at radius 1 is 1.32 bits per heavy atom. The van der Waals surface area contributed by atoms with E-state index in [0.29, 0.717) is 42.3 Å². The fraction of sp³-hybridized carbons (Fsp3) is 0.722. The number of nitrogens with zero attached hydrogens (tertiary/aromatic N) is 2. The van der Waals surface area contributed by atoms with Gasteiger partial charge in [0.2, 0.25) is 5.76 Å². The van der Waals surface area contributed by atoms with Crippen molar-refractivity contribution in [2.45, 2.75) is 53.0 Å². The second kappa shape index (κ2) is 8.36. The van der Waals surface area contributed by atoms with Gasteiger partial charge in [-0.05, 0) is 38.5 Å². The molecule has 1 aromatic rings. The van der Waals surface area contributed by atoms with Gasteiger partial charge in [0.15, 0.2) is 5.89 Å². The first-order valence-electron chi connectivity index (χ1n) is 8.91. The molecule has 1 aliphatic rings. The molecule has 1 N–H and O–H groups in total. The Hall–Kier alpha value is -2.05. The standard InChI is InChI=1S/C18H29N3O4/c1-11(2)10-15-19-13(4)16(25-15)17(22)20-12(3)14-6-8-21(9-7-14)18(23)24-5/h11-12,14H,6-10H2,1-5H3,(H,20,22). The summed E-state index contributed by atoms with van der Waals surface area (Å²) in [6.45, 7) is 9.26. The molecular weight excluding hydrogens is 322 g/mol. The first-order valence-corrected chi connectivity index (χ1v) is 8.91. The van der Waals surface area contributed by atoms with Gasteiger partial charge in [-0.25, -0.2) is 9.78 Å². The van der Waals surface area contributed by atoms with Crippen LogP contribution in [0.4, 0.5) is 4.79 Å². The number of hydrogen-bond donors (Lipinski definition) is 1. The topological polar surface area (TPSA) is 84.7 Å². The van der Waals surface area contributed by atoms with E-state index in [-0.39, 0.29) is 18.0 Å². The summed E-state index contributed by atoms with van der Waals surface area (Å²) in [6, 6.07) is 0.00495. The average molecular weight is 351 g/mol. The van der Waals surface area contributed by atoms with Gasteiger partial charge in [-0.1, -0.05) is 13.8 Å². The van der Waals surface area contributed by atoms with Gasteiger partial charge >= 0.3 is 6.09 Å². The quantitative estimate of drug-likeness (QED) is 0.882. The molecule has 25 heavy (non-hydrogen) atoms. The molecule has 0 saturated carbocycles. The Balaban J connectivity index is 1.90. The summed E-state index contributed by atoms with van der Waals surface area (Å²) in [6.07, 6.45) is 2.11. The van der Waals surface area contributed by atoms with E-state index in [4.69, 9.17) is 9.15 Å². The summed E-state index contributed by atoms with van der Waals surface area (Å²) < 4.78 is 10.4. The van der Waals surface area contributed by atoms with Crippen LogP contribution >= 0.6 is 0 Å². The lowest BCUT2D eigenvalue weighted by Gasteiger charge is -2.34. The van der Waals surface area contributed by atoms with Crippen molar-refractivity contribution < 1.29 is 18.7 Å². The van der Waals surface area contributed by atoms with Gasteiger partial charge < -0.3 is 19.4 Å². The van der Waals surface area contributed by atoms with Crippen LogP contribution in [0.1, 0.15) is 55.8 Å². The van der Waals surface area contributed by atoms with E-state index in [2.05, 4.69) is 24.1 Å². The maximum Gasteiger partial charge on any atom is 0.409 e. The van der Waals surface area contributed by atoms with Gasteiger partial charge in [0.25, 0.3) is 5.91 Å². The van der Waals surface area contributed by atoms with Crippen LogP contribution in [0.25, 0.3) is 0 Å². The molecule has 1 atom stereocenters. The SMILES string of the molecule is COC(=O)N1CCC(C(C)NC(=O)c2oc(CC(C)C)nc2C)CC1. The van der Waals surface area contributed by atoms with Crippen LogP contribution < -0.4 is 5.32 Å². The van der Waals surface area contributed by atoms with Gasteiger partial charge in [0, 0.05) is 25.6 Å². The number of methoxy groups -OCH3 is 1. The minimum atomic E-state index is -0.287. The summed E-state index contributed by atoms with van der Waals surface area (Å²) in [5.41, 5.74) is 0.626. The molecule has 0 bridgehead atoms. The Morgan fingerprint density at radius 3 is 2.52 bits per heavy atom. The van der Waals surface area contributed by atoms with E-state index in [1.165, 1.54) is 7.11 Å². The van der Waals surface area contributed by atoms with Gasteiger partial charge in [-0.2, -0.15) is 0 Å². The van der Waals surface area contributed by atoms with E-state index >= 15 is 0 Å². The zero-order valence-corrected chi connectivity index (χ0v) is 15.8. The Labute approximate surface area is 149 Å². The lowest BCUT2D eigenvalue weighted by molar-refractivity contribution is 0.0843. The lowest BCUT2D eigenvalue weighted by Crippen LogP contribution is -2.45. The number of ether oxygens (including phenoxy) is 1. The van der Waals surface area contributed by atoms with Gasteiger partial charge in [-0.15, -0.1) is 0 Å². The minimum Gasteiger partial charge on any atom is -0.453 e. The summed E-state index contributed by atoms with van der Waals surface area (Å²) in [5, 5.41) is 3.02. The predicted molar refractivity (Wildman–Crippen MR) is 93.4 cm³/mol. The fourth-order valence-electron chi connectivity index (χ4n) is 3.20. The monoisotopic (exact) mass is 351 g/mol. The molecule has 7 nitrogen and oxygen atoms in total. The third-order valence-corrected chi connectivity index (χ3v) is 4.67. The highest BCUT2D eigenvalue weighted by atomic mass is 16.5. The molecule has 0 aromatic carbocycles. The second-order valence-corrected chi connectivity index (χ2v) is 7.18. The lowest BCUT2D eigenvalue weighted by atomic mass is 9.90. The molecule has 1 unspecified atom stereocenters. The van der Waals surface area contributed by atoms with Crippen molar-refractivity contribution in [3.8, 4) is 0 Å². The van der Waals surface area contributed by atoms with Crippen molar-refractivity contribution in [1.29, 1.82) is 0 Å². The highest BCUT2D eigenvalue weighted by molar-refractivity contribution is 5.92. The third-order valence-electron chi connectivity index (χ3n) is 4.67. The van der Waals surface area contributed by atoms with Crippen molar-refractivity contribution in [2.75, 3.05) is 20.2 Å². The zero-order valence-electron chi connectivity index (χ0n) is 15.8. The molecule has 1 aliphatic heterocycles. The minimum absolute atomic E-state index is 0.00495. The van der Waals surface area contributed by atoms with E-state index < -0.39 is 0 Å². The van der Waals surface area contributed by atoms with Crippen LogP contribution in [0.3, 0.4) is 0 Å². The fourth-order valence-corrected chi connectivity index (χ4v) is 3.20. The molecule has 7 heteroatoms. The van der Waals surface area contributed by atoms with Crippen LogP contribution in [-0.4, -0.2) is 48.1 Å². The second-order valence-electron chi connectivity index (χ2n) is 7.18. The molecule has 2 heterocycles. The number of oxazole rings is 1. The molecule has 1 saturated heterocycles. The van der Waals surface area contributed by atoms with Crippen LogP contribution in [0.2, 0.25) is 0 Å². The van der Waals surface area contributed by atoms with E-state index in [1.54, 1.807) is 11.8 Å². The summed E-state index contributed by atoms with van der Waals surface area (Å²) >= 11 is 0. The maximum atomic E-state index is 12.5. The number of aryl methyl sites for hydroxylation is 1. The summed E-state index contributed by atoms with van der Waals surface area (Å²) in [7, 11) is 1.39. The number of hydrogen-bond acceptors (Lipinski definition) is 5. The van der Waals surface area contributed by atoms with Crippen LogP contribution in [0, 0.1) is 18.8 Å². The number of amides is 2. The predicted octanol–water partition coefficient (Wildman–Crippen LogP) is 2.78. The van der Waals surface area contributed by atoms with Gasteiger partial charge in [0.1, 0.15) is 0 Å². The van der Waals surface area contributed by atoms with Crippen LogP contribution in [0.15, 0.2) is 4.42 Å². The molecule has 0 radical (unpaired) electrons. The maximum absolute atomic E-state index is 12.5. The highest BCUT2D eigenvalue weighted by Gasteiger charge is 2.28. The van der Waals surface area contributed by atoms with Crippen molar-refractivity contribution >= 4 is 12.0 Å². The van der Waals surface area contributed by atoms with Crippen molar-refractivity contribution in [3.05, 3.63) is 17.3 Å². The first kappa shape index (κ1) is 19.3. The number of rotatable bonds is 5. The van der Waals surface area contributed by atoms with Gasteiger partial charge in [-0.3, -0.25) is 4.79 Å². The van der Waals surface area contributed by atoms with Crippen molar-refractivity contribution in [1.82, 2.24) is 15.2 Å². The molecule has 140 valence electrons. The smallest absolute Gasteiger partial charge is 0.409 e. The zero-order chi connectivity index (χ0) is 18.6. The van der Waals surface area contributed by atoms with Crippen molar-refractivity contribution in [3.63, 3.8) is 0 Å². The number of carbonyl (C=O) groups excluding carboxylic acids is 2. The molecule has 1 fully saturated rings. The molecular formula is C18H29N3O4. The van der Waals surface area contributed by atoms with Gasteiger partial charge in [0.05, 0.1) is 12.8 Å². The number of nitrogens with one attached hydrogen (secondary N) is 1. The molecule has 2 amide bonds. The number of piperidine rings is 1. The molecule has 0 aliphatic carbocycles. The summed E-state index contributed by atoms with van der Waals surface area (Å²) in [4.78, 5) is 30.1. The first-order chi connectivity index (χ1) is 11.8. The van der Waals surface area contributed by atoms with Crippen LogP contribution in [-0.2, 0) is 11.2 Å². The van der Waals surface area contributed by atoms with Crippen molar-refractivity contribution in [2.24, 2.45) is 11.8 Å². The van der Waals surface area contributed by atoms with E-state index in [9.17, 15) is 9.59 Å². The average Bonchev–Trinajstić information content (AvgIpc) is 2.93. The molecule has 2 rings (SSSR count). The highest BCUT2D eigenvalue weighted by Crippen LogP contribution is 2.22. The van der Waals surface area contributed by atoms with E-state index in [1.807, 2.05) is 6.92 Å².